The molecule has 0 N–H and O–H groups in total. The average Bonchev–Trinajstić information content (AvgIpc) is 2.94. The second kappa shape index (κ2) is 7.41. The van der Waals surface area contributed by atoms with E-state index in [2.05, 4.69) is 133 Å². The Morgan fingerprint density at radius 2 is 0.667 bits per heavy atom. The maximum Gasteiger partial charge on any atom is -0.000741 e. The van der Waals surface area contributed by atoms with E-state index in [1.165, 1.54) is 76.8 Å². The van der Waals surface area contributed by atoms with Crippen LogP contribution < -0.4 is 0 Å². The minimum absolute atomic E-state index is 1.27. The van der Waals surface area contributed by atoms with Crippen molar-refractivity contribution in [2.24, 2.45) is 0 Å². The van der Waals surface area contributed by atoms with Crippen LogP contribution in [0.4, 0.5) is 0 Å². The monoisotopic (exact) mass is 454 g/mol. The van der Waals surface area contributed by atoms with E-state index in [9.17, 15) is 0 Å². The van der Waals surface area contributed by atoms with Crippen molar-refractivity contribution in [2.75, 3.05) is 0 Å². The van der Waals surface area contributed by atoms with E-state index in [4.69, 9.17) is 0 Å². The summed E-state index contributed by atoms with van der Waals surface area (Å²) in [7, 11) is 0. The first-order valence-corrected chi connectivity index (χ1v) is 12.5. The maximum absolute atomic E-state index is 2.41. The molecule has 0 spiro atoms. The fourth-order valence-electron chi connectivity index (χ4n) is 6.13. The third-order valence-electron chi connectivity index (χ3n) is 7.72. The van der Waals surface area contributed by atoms with Crippen LogP contribution in [0, 0.1) is 0 Å². The van der Waals surface area contributed by atoms with Crippen molar-refractivity contribution in [1.82, 2.24) is 0 Å². The van der Waals surface area contributed by atoms with Gasteiger partial charge in [0.1, 0.15) is 0 Å². The van der Waals surface area contributed by atoms with E-state index in [1.807, 2.05) is 0 Å². The lowest BCUT2D eigenvalue weighted by Crippen LogP contribution is -2.05. The van der Waals surface area contributed by atoms with Crippen molar-refractivity contribution in [3.8, 4) is 44.5 Å². The Bertz CT molecular complexity index is 1820. The van der Waals surface area contributed by atoms with Crippen LogP contribution in [0.1, 0.15) is 0 Å². The number of hydrogen-bond acceptors (Lipinski definition) is 0. The van der Waals surface area contributed by atoms with Crippen LogP contribution in [0.5, 0.6) is 0 Å². The van der Waals surface area contributed by atoms with Gasteiger partial charge in [-0.3, -0.25) is 0 Å². The van der Waals surface area contributed by atoms with Gasteiger partial charge in [-0.05, 0) is 101 Å². The molecule has 0 saturated carbocycles. The normalized spacial score (nSPS) is 11.9. The molecule has 0 heteroatoms. The molecular weight excluding hydrogens is 432 g/mol. The largest absolute Gasteiger partial charge is 0.0622 e. The highest BCUT2D eigenvalue weighted by Crippen LogP contribution is 2.59. The van der Waals surface area contributed by atoms with Gasteiger partial charge in [0.2, 0.25) is 0 Å². The second-order valence-corrected chi connectivity index (χ2v) is 9.72. The molecule has 0 unspecified atom stereocenters. The summed E-state index contributed by atoms with van der Waals surface area (Å²) in [5.41, 5.74) is 10.7. The van der Waals surface area contributed by atoms with Gasteiger partial charge in [-0.2, -0.15) is 0 Å². The van der Waals surface area contributed by atoms with Crippen molar-refractivity contribution >= 4 is 32.3 Å². The van der Waals surface area contributed by atoms with Crippen LogP contribution in [0.3, 0.4) is 0 Å². The minimum Gasteiger partial charge on any atom is -0.0622 e. The van der Waals surface area contributed by atoms with Gasteiger partial charge in [-0.25, -0.2) is 0 Å². The summed E-state index contributed by atoms with van der Waals surface area (Å²) in [5.74, 6) is 0. The Balaban J connectivity index is 1.53. The maximum atomic E-state index is 2.41. The highest BCUT2D eigenvalue weighted by molar-refractivity contribution is 6.26. The number of fused-ring (bicyclic) bond motifs is 7. The van der Waals surface area contributed by atoms with Crippen molar-refractivity contribution in [3.63, 3.8) is 0 Å². The lowest BCUT2D eigenvalue weighted by atomic mass is 9.70. The molecule has 0 heterocycles. The standard InChI is InChI=1S/C36H22/c1-3-11-23(12-4-1)33-29-17-9-10-18-30(29)34(24-13-5-2-6-14-24)36-32-22-28-20-26-16-8-7-15-25(26)19-27(28)21-31(32)35(33)36/h1-22H. The SMILES string of the molecule is c1ccc(-c2c3c(c(-c4ccccc4)c4ccccc24)-c2cc4cc5ccccc5cc4cc2-3)cc1. The lowest BCUT2D eigenvalue weighted by molar-refractivity contribution is 1.54. The summed E-state index contributed by atoms with van der Waals surface area (Å²) in [5, 5.41) is 7.79. The van der Waals surface area contributed by atoms with Crippen molar-refractivity contribution in [1.29, 1.82) is 0 Å². The number of hydrogen-bond donors (Lipinski definition) is 0. The number of benzene rings is 7. The smallest absolute Gasteiger partial charge is 0.000741 e. The van der Waals surface area contributed by atoms with Gasteiger partial charge in [-0.15, -0.1) is 0 Å². The quantitative estimate of drug-likeness (QED) is 0.228. The molecule has 0 saturated heterocycles. The number of rotatable bonds is 2. The summed E-state index contributed by atoms with van der Waals surface area (Å²) in [6.45, 7) is 0. The molecule has 7 aromatic carbocycles. The molecule has 1 aliphatic rings. The minimum atomic E-state index is 1.27. The average molecular weight is 455 g/mol. The van der Waals surface area contributed by atoms with Crippen LogP contribution in [-0.2, 0) is 0 Å². The molecule has 0 radical (unpaired) electrons. The van der Waals surface area contributed by atoms with E-state index >= 15 is 0 Å². The van der Waals surface area contributed by atoms with Gasteiger partial charge in [0.05, 0.1) is 0 Å². The topological polar surface area (TPSA) is 0 Å². The molecule has 7 aromatic rings. The Kier molecular flexibility index (Phi) is 4.03. The van der Waals surface area contributed by atoms with E-state index in [-0.39, 0.29) is 0 Å². The zero-order valence-corrected chi connectivity index (χ0v) is 19.7. The van der Waals surface area contributed by atoms with Gasteiger partial charge in [0, 0.05) is 0 Å². The van der Waals surface area contributed by atoms with E-state index in [1.54, 1.807) is 0 Å². The second-order valence-electron chi connectivity index (χ2n) is 9.72. The molecule has 8 rings (SSSR count). The Labute approximate surface area is 210 Å². The molecule has 36 heavy (non-hydrogen) atoms. The van der Waals surface area contributed by atoms with E-state index in [0.717, 1.165) is 0 Å². The van der Waals surface area contributed by atoms with Gasteiger partial charge in [0.25, 0.3) is 0 Å². The molecule has 0 aromatic heterocycles. The van der Waals surface area contributed by atoms with E-state index in [0.29, 0.717) is 0 Å². The summed E-state index contributed by atoms with van der Waals surface area (Å²) < 4.78 is 0. The molecule has 0 amide bonds. The van der Waals surface area contributed by atoms with Gasteiger partial charge in [-0.1, -0.05) is 109 Å². The first-order valence-electron chi connectivity index (χ1n) is 12.5. The molecule has 0 fully saturated rings. The zero-order chi connectivity index (χ0) is 23.6. The summed E-state index contributed by atoms with van der Waals surface area (Å²) in [6, 6.07) is 48.8. The first-order chi connectivity index (χ1) is 17.9. The highest BCUT2D eigenvalue weighted by Gasteiger charge is 2.32. The Hall–Kier alpha value is -4.68. The van der Waals surface area contributed by atoms with E-state index < -0.39 is 0 Å². The fourth-order valence-corrected chi connectivity index (χ4v) is 6.13. The third kappa shape index (κ3) is 2.70. The molecule has 0 nitrogen and oxygen atoms in total. The molecule has 0 aliphatic heterocycles. The van der Waals surface area contributed by atoms with Crippen molar-refractivity contribution < 1.29 is 0 Å². The molecule has 166 valence electrons. The van der Waals surface area contributed by atoms with Gasteiger partial charge < -0.3 is 0 Å². The highest BCUT2D eigenvalue weighted by atomic mass is 14.3. The van der Waals surface area contributed by atoms with Crippen LogP contribution >= 0.6 is 0 Å². The predicted octanol–water partition coefficient (Wildman–Crippen LogP) is 10.1. The van der Waals surface area contributed by atoms with Gasteiger partial charge in [0.15, 0.2) is 0 Å². The molecule has 0 bridgehead atoms. The Morgan fingerprint density at radius 1 is 0.278 bits per heavy atom. The first kappa shape index (κ1) is 19.6. The fraction of sp³-hybridized carbons (Fsp3) is 0. The summed E-state index contributed by atoms with van der Waals surface area (Å²) in [6.07, 6.45) is 0. The molecule has 1 aliphatic carbocycles. The Morgan fingerprint density at radius 3 is 1.11 bits per heavy atom. The third-order valence-corrected chi connectivity index (χ3v) is 7.72. The lowest BCUT2D eigenvalue weighted by Gasteiger charge is -2.32. The van der Waals surface area contributed by atoms with Crippen molar-refractivity contribution in [3.05, 3.63) is 133 Å². The predicted molar refractivity (Wildman–Crippen MR) is 154 cm³/mol. The van der Waals surface area contributed by atoms with Crippen LogP contribution in [0.2, 0.25) is 0 Å². The van der Waals surface area contributed by atoms with Crippen LogP contribution in [0.15, 0.2) is 133 Å². The molecular formula is C36H22. The zero-order valence-electron chi connectivity index (χ0n) is 19.7. The van der Waals surface area contributed by atoms with Crippen molar-refractivity contribution in [2.45, 2.75) is 0 Å². The van der Waals surface area contributed by atoms with Gasteiger partial charge >= 0.3 is 0 Å². The summed E-state index contributed by atoms with van der Waals surface area (Å²) >= 11 is 0. The van der Waals surface area contributed by atoms with Crippen LogP contribution in [0.25, 0.3) is 76.8 Å². The molecule has 0 atom stereocenters. The van der Waals surface area contributed by atoms with Crippen LogP contribution in [-0.4, -0.2) is 0 Å². The summed E-state index contributed by atoms with van der Waals surface area (Å²) in [4.78, 5) is 0.